The summed E-state index contributed by atoms with van der Waals surface area (Å²) in [7, 11) is -17.6. The van der Waals surface area contributed by atoms with E-state index in [1.807, 2.05) is 13.8 Å². The van der Waals surface area contributed by atoms with Crippen molar-refractivity contribution in [2.45, 2.75) is 64.8 Å². The molecule has 28 heteroatoms. The second kappa shape index (κ2) is 19.6. The maximum atomic E-state index is 12.5. The summed E-state index contributed by atoms with van der Waals surface area (Å²) in [5.74, 6) is -1.03. The predicted octanol–water partition coefficient (Wildman–Crippen LogP) is -2.65. The van der Waals surface area contributed by atoms with E-state index in [0.717, 1.165) is 29.0 Å². The van der Waals surface area contributed by atoms with Gasteiger partial charge in [0.25, 0.3) is 15.6 Å². The van der Waals surface area contributed by atoms with Gasteiger partial charge in [-0.15, -0.1) is 0 Å². The minimum Gasteiger partial charge on any atom is -0.790 e. The van der Waals surface area contributed by atoms with Gasteiger partial charge in [0.1, 0.15) is 36.3 Å². The first-order valence-corrected chi connectivity index (χ1v) is 21.4. The molecule has 2 unspecified atom stereocenters. The molecular formula is C27H40N7O17P3S-4. The normalized spacial score (nSPS) is 22.1. The number of phosphoric ester groups is 3. The van der Waals surface area contributed by atoms with Crippen LogP contribution in [0.3, 0.4) is 0 Å². The van der Waals surface area contributed by atoms with Crippen LogP contribution in [0.4, 0.5) is 5.82 Å². The number of nitrogen functional groups attached to an aromatic ring is 1. The highest BCUT2D eigenvalue weighted by Crippen LogP contribution is 2.56. The van der Waals surface area contributed by atoms with Gasteiger partial charge in [-0.2, -0.15) is 0 Å². The number of nitrogens with zero attached hydrogens (tertiary/aromatic N) is 4. The number of anilines is 1. The molecule has 2 aromatic heterocycles. The fourth-order valence-corrected chi connectivity index (χ4v) is 7.89. The van der Waals surface area contributed by atoms with Gasteiger partial charge < -0.3 is 69.0 Å². The summed E-state index contributed by atoms with van der Waals surface area (Å²) in [6, 6.07) is 0. The molecule has 1 aliphatic heterocycles. The van der Waals surface area contributed by atoms with E-state index in [-0.39, 0.29) is 47.5 Å². The van der Waals surface area contributed by atoms with Crippen LogP contribution in [0.25, 0.3) is 11.2 Å². The highest BCUT2D eigenvalue weighted by atomic mass is 32.2. The molecular weight excluding hydrogens is 819 g/mol. The maximum absolute atomic E-state index is 12.5. The van der Waals surface area contributed by atoms with Crippen molar-refractivity contribution in [3.8, 4) is 0 Å². The minimum atomic E-state index is -5.91. The Balaban J connectivity index is 1.50. The molecule has 0 aliphatic carbocycles. The number of ether oxygens (including phenoxy) is 1. The van der Waals surface area contributed by atoms with E-state index in [4.69, 9.17) is 10.5 Å². The number of aromatic nitrogens is 4. The second-order valence-electron chi connectivity index (χ2n) is 12.8. The van der Waals surface area contributed by atoms with Gasteiger partial charge in [0.2, 0.25) is 16.9 Å². The fraction of sp³-hybridized carbons (Fsp3) is 0.630. The summed E-state index contributed by atoms with van der Waals surface area (Å²) in [6.07, 6.45) is -4.40. The number of allylic oxidation sites excluding steroid dienone is 1. The number of hydrogen-bond acceptors (Lipinski definition) is 22. The molecule has 0 spiro atoms. The number of hydrogen-bond donors (Lipinski definition) is 5. The van der Waals surface area contributed by atoms with Gasteiger partial charge in [0.05, 0.1) is 27.4 Å². The predicted molar refractivity (Wildman–Crippen MR) is 182 cm³/mol. The van der Waals surface area contributed by atoms with Crippen molar-refractivity contribution in [3.05, 3.63) is 24.8 Å². The number of thioether (sulfide) groups is 1. The Morgan fingerprint density at radius 3 is 2.42 bits per heavy atom. The number of imidazole rings is 1. The topological polar surface area (TPSA) is 375 Å². The molecule has 2 amide bonds. The first-order valence-electron chi connectivity index (χ1n) is 16.1. The SMILES string of the molecule is CC(C)/C=C/C(=O)SCCNC(=O)CCNC(=O)[C@H](O)C(C)(C)COP(=O)([O-])OP(=O)([O-])OC[C@H]1O[C@@H](n2cnc3c(N)ncnc32)[C@H](O)[C@@H]1OP(=O)([O-])[O-]. The molecule has 3 rings (SSSR count). The quantitative estimate of drug-likeness (QED) is 0.0486. The molecule has 6 N–H and O–H groups in total. The smallest absolute Gasteiger partial charge is 0.274 e. The lowest BCUT2D eigenvalue weighted by molar-refractivity contribution is -0.347. The Morgan fingerprint density at radius 2 is 1.76 bits per heavy atom. The van der Waals surface area contributed by atoms with Gasteiger partial charge in [-0.3, -0.25) is 28.1 Å². The molecule has 0 aromatic carbocycles. The number of rotatable bonds is 21. The van der Waals surface area contributed by atoms with Crippen LogP contribution in [-0.4, -0.2) is 103 Å². The Kier molecular flexibility index (Phi) is 16.7. The first-order chi connectivity index (χ1) is 25.4. The number of nitrogens with one attached hydrogen (secondary N) is 2. The van der Waals surface area contributed by atoms with E-state index in [0.29, 0.717) is 5.75 Å². The zero-order valence-corrected chi connectivity index (χ0v) is 33.2. The summed E-state index contributed by atoms with van der Waals surface area (Å²) in [5.41, 5.74) is 4.06. The zero-order valence-electron chi connectivity index (χ0n) is 29.7. The number of carbonyl (C=O) groups excluding carboxylic acids is 3. The monoisotopic (exact) mass is 859 g/mol. The Morgan fingerprint density at radius 1 is 1.09 bits per heavy atom. The van der Waals surface area contributed by atoms with Crippen LogP contribution in [-0.2, 0) is 50.7 Å². The van der Waals surface area contributed by atoms with Crippen LogP contribution >= 0.6 is 35.2 Å². The summed E-state index contributed by atoms with van der Waals surface area (Å²) < 4.78 is 60.4. The van der Waals surface area contributed by atoms with E-state index in [9.17, 15) is 57.9 Å². The number of fused-ring (bicyclic) bond motifs is 1. The van der Waals surface area contributed by atoms with Crippen molar-refractivity contribution >= 4 is 69.1 Å². The van der Waals surface area contributed by atoms with Crippen molar-refractivity contribution in [1.82, 2.24) is 30.2 Å². The van der Waals surface area contributed by atoms with Crippen molar-refractivity contribution in [2.75, 3.05) is 37.8 Å². The number of nitrogens with two attached hydrogens (primary N) is 1. The van der Waals surface area contributed by atoms with Crippen molar-refractivity contribution in [1.29, 1.82) is 0 Å². The van der Waals surface area contributed by atoms with Crippen LogP contribution in [0.2, 0.25) is 0 Å². The van der Waals surface area contributed by atoms with Gasteiger partial charge in [-0.05, 0) is 12.0 Å². The Bertz CT molecular complexity index is 1840. The molecule has 3 heterocycles. The van der Waals surface area contributed by atoms with Crippen LogP contribution in [0, 0.1) is 11.3 Å². The number of aliphatic hydroxyl groups is 2. The van der Waals surface area contributed by atoms with Crippen LogP contribution in [0.5, 0.6) is 0 Å². The lowest BCUT2D eigenvalue weighted by Gasteiger charge is -2.36. The van der Waals surface area contributed by atoms with E-state index in [2.05, 4.69) is 43.5 Å². The number of aliphatic hydroxyl groups excluding tert-OH is 2. The van der Waals surface area contributed by atoms with Gasteiger partial charge in [0.15, 0.2) is 17.7 Å². The number of carbonyl (C=O) groups is 3. The zero-order chi connectivity index (χ0) is 41.4. The third-order valence-electron chi connectivity index (χ3n) is 7.34. The maximum Gasteiger partial charge on any atom is 0.274 e. The van der Waals surface area contributed by atoms with Gasteiger partial charge in [-0.25, -0.2) is 19.3 Å². The van der Waals surface area contributed by atoms with E-state index >= 15 is 0 Å². The average Bonchev–Trinajstić information content (AvgIpc) is 3.63. The molecule has 24 nitrogen and oxygen atoms in total. The lowest BCUT2D eigenvalue weighted by atomic mass is 9.87. The molecule has 1 fully saturated rings. The van der Waals surface area contributed by atoms with Gasteiger partial charge in [0, 0.05) is 30.7 Å². The van der Waals surface area contributed by atoms with Crippen LogP contribution in [0.1, 0.15) is 40.3 Å². The molecule has 0 saturated carbocycles. The van der Waals surface area contributed by atoms with E-state index in [1.165, 1.54) is 19.9 Å². The molecule has 0 bridgehead atoms. The first kappa shape index (κ1) is 46.7. The van der Waals surface area contributed by atoms with Crippen molar-refractivity contribution in [3.63, 3.8) is 0 Å². The van der Waals surface area contributed by atoms with E-state index < -0.39 is 84.6 Å². The van der Waals surface area contributed by atoms with Crippen LogP contribution < -0.4 is 35.9 Å². The highest BCUT2D eigenvalue weighted by Gasteiger charge is 2.47. The molecule has 0 radical (unpaired) electrons. The largest absolute Gasteiger partial charge is 0.790 e. The van der Waals surface area contributed by atoms with E-state index in [1.54, 1.807) is 6.08 Å². The van der Waals surface area contributed by atoms with Crippen molar-refractivity contribution < 1.29 is 80.5 Å². The fourth-order valence-electron chi connectivity index (χ4n) is 4.58. The Hall–Kier alpha value is -2.70. The average molecular weight is 860 g/mol. The third kappa shape index (κ3) is 14.6. The molecule has 1 saturated heterocycles. The number of amides is 2. The van der Waals surface area contributed by atoms with Gasteiger partial charge >= 0.3 is 0 Å². The van der Waals surface area contributed by atoms with Gasteiger partial charge in [-0.1, -0.05) is 45.5 Å². The summed E-state index contributed by atoms with van der Waals surface area (Å²) in [5, 5.41) is 26.0. The van der Waals surface area contributed by atoms with Crippen LogP contribution in [0.15, 0.2) is 24.8 Å². The summed E-state index contributed by atoms with van der Waals surface area (Å²) >= 11 is 1.01. The Labute approximate surface area is 318 Å². The molecule has 1 aliphatic rings. The standard InChI is InChI=1S/C27H44N7O17P3S/c1-15(2)5-6-18(36)55-10-9-29-17(35)7-8-30-25(39)22(38)27(3,4)12-48-54(45,46)51-53(43,44)47-11-16-21(50-52(40,41)42)20(37)26(49-16)34-14-33-19-23(28)31-13-32-24(19)34/h5-6,13-16,20-22,26,37-38H,7-12H2,1-4H3,(H,29,35)(H,30,39)(H,43,44)(H,45,46)(H2,28,31,32)(H2,40,41,42)/p-4/b6-5+/t16-,20-,21-,22+,26-/m1/s1. The summed E-state index contributed by atoms with van der Waals surface area (Å²) in [6.45, 7) is 3.91. The highest BCUT2D eigenvalue weighted by molar-refractivity contribution is 8.14. The lowest BCUT2D eigenvalue weighted by Crippen LogP contribution is -2.46. The molecule has 310 valence electrons. The molecule has 55 heavy (non-hydrogen) atoms. The second-order valence-corrected chi connectivity index (χ2v) is 17.9. The third-order valence-corrected chi connectivity index (χ3v) is 11.2. The number of phosphoric acid groups is 3. The summed E-state index contributed by atoms with van der Waals surface area (Å²) in [4.78, 5) is 95.6. The molecule has 2 aromatic rings. The minimum absolute atomic E-state index is 0.0218. The molecule has 7 atom stereocenters. The van der Waals surface area contributed by atoms with Crippen molar-refractivity contribution in [2.24, 2.45) is 11.3 Å².